The number of ether oxygens (including phenoxy) is 1. The Morgan fingerprint density at radius 1 is 1.14 bits per heavy atom. The lowest BCUT2D eigenvalue weighted by molar-refractivity contribution is 0.357. The summed E-state index contributed by atoms with van der Waals surface area (Å²) in [6.07, 6.45) is 5.22. The number of benzene rings is 1. The zero-order chi connectivity index (χ0) is 14.5. The van der Waals surface area contributed by atoms with Crippen molar-refractivity contribution in [2.75, 3.05) is 36.6 Å². The zero-order valence-corrected chi connectivity index (χ0v) is 13.7. The third-order valence-electron chi connectivity index (χ3n) is 4.54. The number of thioether (sulfide) groups is 1. The molecule has 3 nitrogen and oxygen atoms in total. The Morgan fingerprint density at radius 3 is 2.76 bits per heavy atom. The van der Waals surface area contributed by atoms with Gasteiger partial charge in [0.15, 0.2) is 0 Å². The first-order valence-corrected chi connectivity index (χ1v) is 9.24. The van der Waals surface area contributed by atoms with E-state index in [-0.39, 0.29) is 0 Å². The van der Waals surface area contributed by atoms with E-state index in [1.54, 1.807) is 7.11 Å². The first kappa shape index (κ1) is 15.0. The van der Waals surface area contributed by atoms with Crippen molar-refractivity contribution in [1.82, 2.24) is 5.32 Å². The molecule has 0 amide bonds. The zero-order valence-electron chi connectivity index (χ0n) is 12.9. The van der Waals surface area contributed by atoms with Gasteiger partial charge in [-0.05, 0) is 49.3 Å². The van der Waals surface area contributed by atoms with Crippen LogP contribution in [0.3, 0.4) is 0 Å². The third kappa shape index (κ3) is 3.86. The summed E-state index contributed by atoms with van der Waals surface area (Å²) >= 11 is 2.10. The van der Waals surface area contributed by atoms with E-state index in [4.69, 9.17) is 4.74 Å². The second kappa shape index (κ2) is 7.41. The van der Waals surface area contributed by atoms with E-state index in [0.29, 0.717) is 6.04 Å². The Bertz CT molecular complexity index is 448. The van der Waals surface area contributed by atoms with Crippen LogP contribution >= 0.6 is 11.8 Å². The van der Waals surface area contributed by atoms with Gasteiger partial charge >= 0.3 is 0 Å². The second-order valence-electron chi connectivity index (χ2n) is 6.01. The van der Waals surface area contributed by atoms with Crippen LogP contribution in [0.5, 0.6) is 5.75 Å². The molecule has 4 heteroatoms. The van der Waals surface area contributed by atoms with Gasteiger partial charge in [0.25, 0.3) is 0 Å². The van der Waals surface area contributed by atoms with Gasteiger partial charge in [-0.3, -0.25) is 0 Å². The molecular weight excluding hydrogens is 280 g/mol. The average Bonchev–Trinajstić information content (AvgIpc) is 2.56. The molecule has 2 heterocycles. The highest BCUT2D eigenvalue weighted by atomic mass is 32.2. The summed E-state index contributed by atoms with van der Waals surface area (Å²) in [4.78, 5) is 2.48. The highest BCUT2D eigenvalue weighted by Gasteiger charge is 2.24. The van der Waals surface area contributed by atoms with E-state index in [9.17, 15) is 0 Å². The van der Waals surface area contributed by atoms with Gasteiger partial charge in [0, 0.05) is 25.2 Å². The van der Waals surface area contributed by atoms with Crippen molar-refractivity contribution in [2.45, 2.75) is 37.8 Å². The topological polar surface area (TPSA) is 24.5 Å². The van der Waals surface area contributed by atoms with Crippen LogP contribution in [0.2, 0.25) is 0 Å². The number of rotatable bonds is 4. The molecule has 1 N–H and O–H groups in total. The Morgan fingerprint density at radius 2 is 1.95 bits per heavy atom. The highest BCUT2D eigenvalue weighted by Crippen LogP contribution is 2.30. The van der Waals surface area contributed by atoms with Crippen LogP contribution in [0, 0.1) is 0 Å². The molecule has 0 aromatic heterocycles. The first-order valence-electron chi connectivity index (χ1n) is 8.08. The molecule has 2 saturated heterocycles. The molecule has 0 spiro atoms. The monoisotopic (exact) mass is 306 g/mol. The molecule has 1 unspecified atom stereocenters. The van der Waals surface area contributed by atoms with Crippen molar-refractivity contribution in [1.29, 1.82) is 0 Å². The Kier molecular flexibility index (Phi) is 5.31. The van der Waals surface area contributed by atoms with Crippen LogP contribution in [-0.2, 0) is 0 Å². The minimum atomic E-state index is 0.622. The van der Waals surface area contributed by atoms with Crippen LogP contribution in [0.4, 0.5) is 5.69 Å². The maximum Gasteiger partial charge on any atom is 0.142 e. The van der Waals surface area contributed by atoms with Crippen LogP contribution in [-0.4, -0.2) is 43.8 Å². The van der Waals surface area contributed by atoms with Gasteiger partial charge in [-0.25, -0.2) is 0 Å². The molecule has 1 atom stereocenters. The Labute approximate surface area is 132 Å². The molecule has 21 heavy (non-hydrogen) atoms. The highest BCUT2D eigenvalue weighted by molar-refractivity contribution is 7.99. The summed E-state index contributed by atoms with van der Waals surface area (Å²) in [5.74, 6) is 3.63. The van der Waals surface area contributed by atoms with Gasteiger partial charge in [-0.15, -0.1) is 0 Å². The maximum atomic E-state index is 5.52. The standard InChI is InChI=1S/C17H26N2OS/c1-20-17-7-3-2-6-16(17)19-10-4-5-15(13-19)18-14-8-11-21-12-9-14/h2-3,6-7,14-15,18H,4-5,8-13H2,1H3. The number of nitrogens with zero attached hydrogens (tertiary/aromatic N) is 1. The molecule has 0 saturated carbocycles. The fraction of sp³-hybridized carbons (Fsp3) is 0.647. The van der Waals surface area contributed by atoms with E-state index in [0.717, 1.165) is 24.9 Å². The van der Waals surface area contributed by atoms with Crippen molar-refractivity contribution in [3.63, 3.8) is 0 Å². The molecule has 2 aliphatic rings. The predicted octanol–water partition coefficient (Wildman–Crippen LogP) is 3.15. The number of para-hydroxylation sites is 2. The van der Waals surface area contributed by atoms with Crippen molar-refractivity contribution in [3.8, 4) is 5.75 Å². The summed E-state index contributed by atoms with van der Waals surface area (Å²) < 4.78 is 5.52. The van der Waals surface area contributed by atoms with Gasteiger partial charge in [-0.1, -0.05) is 12.1 Å². The van der Waals surface area contributed by atoms with Crippen molar-refractivity contribution in [3.05, 3.63) is 24.3 Å². The molecular formula is C17H26N2OS. The smallest absolute Gasteiger partial charge is 0.142 e. The summed E-state index contributed by atoms with van der Waals surface area (Å²) in [6.45, 7) is 2.24. The molecule has 3 rings (SSSR count). The second-order valence-corrected chi connectivity index (χ2v) is 7.24. The number of piperidine rings is 1. The van der Waals surface area contributed by atoms with Gasteiger partial charge < -0.3 is 15.0 Å². The fourth-order valence-electron chi connectivity index (χ4n) is 3.42. The normalized spacial score (nSPS) is 24.0. The molecule has 2 aliphatic heterocycles. The van der Waals surface area contributed by atoms with E-state index < -0.39 is 0 Å². The lowest BCUT2D eigenvalue weighted by atomic mass is 10.0. The maximum absolute atomic E-state index is 5.52. The number of hydrogen-bond acceptors (Lipinski definition) is 4. The third-order valence-corrected chi connectivity index (χ3v) is 5.59. The molecule has 0 bridgehead atoms. The van der Waals surface area contributed by atoms with Gasteiger partial charge in [-0.2, -0.15) is 11.8 Å². The molecule has 0 aliphatic carbocycles. The summed E-state index contributed by atoms with van der Waals surface area (Å²) in [6, 6.07) is 9.74. The number of hydrogen-bond donors (Lipinski definition) is 1. The van der Waals surface area contributed by atoms with Crippen LogP contribution < -0.4 is 15.0 Å². The minimum Gasteiger partial charge on any atom is -0.495 e. The summed E-state index contributed by atoms with van der Waals surface area (Å²) in [5, 5.41) is 3.90. The average molecular weight is 306 g/mol. The molecule has 1 aromatic rings. The number of methoxy groups -OCH3 is 1. The molecule has 116 valence electrons. The van der Waals surface area contributed by atoms with Crippen molar-refractivity contribution in [2.24, 2.45) is 0 Å². The van der Waals surface area contributed by atoms with Crippen LogP contribution in [0.25, 0.3) is 0 Å². The number of anilines is 1. The molecule has 0 radical (unpaired) electrons. The Balaban J connectivity index is 1.62. The minimum absolute atomic E-state index is 0.622. The molecule has 1 aromatic carbocycles. The van der Waals surface area contributed by atoms with Gasteiger partial charge in [0.05, 0.1) is 12.8 Å². The lowest BCUT2D eigenvalue weighted by Crippen LogP contribution is -2.50. The van der Waals surface area contributed by atoms with Crippen molar-refractivity contribution >= 4 is 17.4 Å². The first-order chi connectivity index (χ1) is 10.4. The lowest BCUT2D eigenvalue weighted by Gasteiger charge is -2.38. The quantitative estimate of drug-likeness (QED) is 0.923. The van der Waals surface area contributed by atoms with E-state index in [2.05, 4.69) is 40.2 Å². The SMILES string of the molecule is COc1ccccc1N1CCCC(NC2CCSCC2)C1. The fourth-order valence-corrected chi connectivity index (χ4v) is 4.53. The summed E-state index contributed by atoms with van der Waals surface area (Å²) in [5.41, 5.74) is 1.24. The van der Waals surface area contributed by atoms with E-state index in [1.807, 2.05) is 6.07 Å². The Hall–Kier alpha value is -0.870. The van der Waals surface area contributed by atoms with E-state index in [1.165, 1.54) is 42.9 Å². The van der Waals surface area contributed by atoms with Crippen LogP contribution in [0.1, 0.15) is 25.7 Å². The summed E-state index contributed by atoms with van der Waals surface area (Å²) in [7, 11) is 1.76. The van der Waals surface area contributed by atoms with Crippen LogP contribution in [0.15, 0.2) is 24.3 Å². The molecule has 2 fully saturated rings. The van der Waals surface area contributed by atoms with E-state index >= 15 is 0 Å². The van der Waals surface area contributed by atoms with Gasteiger partial charge in [0.1, 0.15) is 5.75 Å². The van der Waals surface area contributed by atoms with Gasteiger partial charge in [0.2, 0.25) is 0 Å². The van der Waals surface area contributed by atoms with Crippen molar-refractivity contribution < 1.29 is 4.74 Å². The predicted molar refractivity (Wildman–Crippen MR) is 91.7 cm³/mol. The number of nitrogens with one attached hydrogen (secondary N) is 1. The largest absolute Gasteiger partial charge is 0.495 e.